The summed E-state index contributed by atoms with van der Waals surface area (Å²) in [4.78, 5) is 29.3. The van der Waals surface area contributed by atoms with E-state index < -0.39 is 5.92 Å². The summed E-state index contributed by atoms with van der Waals surface area (Å²) in [5.41, 5.74) is 5.79. The SMILES string of the molecule is CCOc1cc(C2C3=C(CCCC3=O)N(CCc3ccccc3)C3=C2C(=O)CCC3)cc(I)c1O. The molecule has 0 unspecified atom stereocenters. The van der Waals surface area contributed by atoms with Crippen LogP contribution in [0.25, 0.3) is 0 Å². The predicted molar refractivity (Wildman–Crippen MR) is 143 cm³/mol. The fourth-order valence-corrected chi connectivity index (χ4v) is 6.36. The first-order chi connectivity index (χ1) is 17.0. The molecule has 5 rings (SSSR count). The van der Waals surface area contributed by atoms with Gasteiger partial charge in [0.25, 0.3) is 0 Å². The number of Topliss-reactive ketones (excluding diaryl/α,β-unsaturated/α-hetero) is 2. The van der Waals surface area contributed by atoms with Gasteiger partial charge in [0.05, 0.1) is 10.2 Å². The minimum Gasteiger partial charge on any atom is -0.504 e. The molecule has 35 heavy (non-hydrogen) atoms. The minimum absolute atomic E-state index is 0.102. The van der Waals surface area contributed by atoms with Gasteiger partial charge in [-0.25, -0.2) is 0 Å². The summed E-state index contributed by atoms with van der Waals surface area (Å²) in [6.45, 7) is 3.05. The zero-order valence-electron chi connectivity index (χ0n) is 20.0. The molecule has 0 amide bonds. The van der Waals surface area contributed by atoms with Gasteiger partial charge in [0.15, 0.2) is 23.1 Å². The molecule has 2 aliphatic carbocycles. The van der Waals surface area contributed by atoms with Crippen molar-refractivity contribution < 1.29 is 19.4 Å². The van der Waals surface area contributed by atoms with E-state index in [1.165, 1.54) is 5.56 Å². The number of phenols is 1. The molecule has 2 aromatic rings. The van der Waals surface area contributed by atoms with Crippen molar-refractivity contribution in [3.63, 3.8) is 0 Å². The summed E-state index contributed by atoms with van der Waals surface area (Å²) in [6, 6.07) is 14.1. The molecule has 0 atom stereocenters. The van der Waals surface area contributed by atoms with Crippen LogP contribution >= 0.6 is 22.6 Å². The van der Waals surface area contributed by atoms with Gasteiger partial charge in [-0.1, -0.05) is 30.3 Å². The summed E-state index contributed by atoms with van der Waals surface area (Å²) in [5, 5.41) is 10.5. The number of ketones is 2. The zero-order chi connectivity index (χ0) is 24.5. The maximum absolute atomic E-state index is 13.5. The van der Waals surface area contributed by atoms with Crippen molar-refractivity contribution >= 4 is 34.2 Å². The molecule has 0 saturated heterocycles. The fraction of sp³-hybridized carbons (Fsp3) is 0.379. The Hall–Kier alpha value is -2.61. The molecule has 3 aliphatic rings. The Balaban J connectivity index is 1.65. The van der Waals surface area contributed by atoms with Gasteiger partial charge in [0.1, 0.15) is 0 Å². The van der Waals surface area contributed by atoms with Crippen LogP contribution in [0.5, 0.6) is 11.5 Å². The van der Waals surface area contributed by atoms with E-state index in [2.05, 4.69) is 39.6 Å². The lowest BCUT2D eigenvalue weighted by molar-refractivity contribution is -0.117. The van der Waals surface area contributed by atoms with Crippen LogP contribution in [0.1, 0.15) is 62.5 Å². The van der Waals surface area contributed by atoms with Gasteiger partial charge >= 0.3 is 0 Å². The standard InChI is InChI=1S/C29H30INO4/c1-2-35-25-17-19(16-20(30)29(25)34)26-27-21(10-6-12-23(27)32)31(15-14-18-8-4-3-5-9-18)22-11-7-13-24(33)28(22)26/h3-5,8-9,16-17,26,34H,2,6-7,10-15H2,1H3. The lowest BCUT2D eigenvalue weighted by atomic mass is 9.71. The highest BCUT2D eigenvalue weighted by molar-refractivity contribution is 14.1. The quantitative estimate of drug-likeness (QED) is 0.420. The second kappa shape index (κ2) is 10.2. The second-order valence-corrected chi connectivity index (χ2v) is 10.5. The Morgan fingerprint density at radius 1 is 0.971 bits per heavy atom. The number of hydrogen-bond donors (Lipinski definition) is 1. The Morgan fingerprint density at radius 2 is 1.60 bits per heavy atom. The van der Waals surface area contributed by atoms with Crippen molar-refractivity contribution in [1.29, 1.82) is 0 Å². The normalized spacial score (nSPS) is 18.6. The van der Waals surface area contributed by atoms with Crippen molar-refractivity contribution in [3.05, 3.63) is 79.7 Å². The van der Waals surface area contributed by atoms with Gasteiger partial charge in [-0.05, 0) is 84.9 Å². The monoisotopic (exact) mass is 583 g/mol. The molecular weight excluding hydrogens is 553 g/mol. The molecule has 1 aliphatic heterocycles. The van der Waals surface area contributed by atoms with Crippen molar-refractivity contribution in [3.8, 4) is 11.5 Å². The molecule has 0 spiro atoms. The van der Waals surface area contributed by atoms with Gasteiger partial charge in [0.2, 0.25) is 0 Å². The molecule has 5 nitrogen and oxygen atoms in total. The number of ether oxygens (including phenoxy) is 1. The number of nitrogens with zero attached hydrogens (tertiary/aromatic N) is 1. The topological polar surface area (TPSA) is 66.8 Å². The van der Waals surface area contributed by atoms with Crippen molar-refractivity contribution in [1.82, 2.24) is 4.90 Å². The van der Waals surface area contributed by atoms with E-state index in [1.54, 1.807) is 0 Å². The molecule has 0 aromatic heterocycles. The summed E-state index contributed by atoms with van der Waals surface area (Å²) < 4.78 is 6.37. The highest BCUT2D eigenvalue weighted by Gasteiger charge is 2.43. The van der Waals surface area contributed by atoms with E-state index in [-0.39, 0.29) is 17.3 Å². The van der Waals surface area contributed by atoms with Gasteiger partial charge in [0, 0.05) is 47.8 Å². The number of halogens is 1. The molecule has 1 heterocycles. The molecule has 0 bridgehead atoms. The van der Waals surface area contributed by atoms with E-state index in [1.807, 2.05) is 37.3 Å². The van der Waals surface area contributed by atoms with E-state index in [4.69, 9.17) is 4.74 Å². The molecular formula is C29H30INO4. The van der Waals surface area contributed by atoms with Crippen LogP contribution in [0.2, 0.25) is 0 Å². The Morgan fingerprint density at radius 3 is 2.20 bits per heavy atom. The summed E-state index contributed by atoms with van der Waals surface area (Å²) in [7, 11) is 0. The first-order valence-electron chi connectivity index (χ1n) is 12.5. The summed E-state index contributed by atoms with van der Waals surface area (Å²) >= 11 is 2.10. The molecule has 0 radical (unpaired) electrons. The van der Waals surface area contributed by atoms with Crippen molar-refractivity contribution in [2.45, 2.75) is 57.8 Å². The molecule has 1 N–H and O–H groups in total. The Labute approximate surface area is 220 Å². The average molecular weight is 583 g/mol. The zero-order valence-corrected chi connectivity index (χ0v) is 22.1. The first kappa shape index (κ1) is 24.1. The van der Waals surface area contributed by atoms with E-state index in [0.29, 0.717) is 28.8 Å². The maximum atomic E-state index is 13.5. The highest BCUT2D eigenvalue weighted by atomic mass is 127. The number of hydrogen-bond acceptors (Lipinski definition) is 5. The largest absolute Gasteiger partial charge is 0.504 e. The minimum atomic E-state index is -0.401. The van der Waals surface area contributed by atoms with E-state index in [9.17, 15) is 14.7 Å². The molecule has 0 saturated carbocycles. The number of phenolic OH excluding ortho intramolecular Hbond substituents is 1. The first-order valence-corrected chi connectivity index (χ1v) is 13.6. The fourth-order valence-electron chi connectivity index (χ4n) is 5.73. The van der Waals surface area contributed by atoms with Gasteiger partial charge in [-0.3, -0.25) is 9.59 Å². The summed E-state index contributed by atoms with van der Waals surface area (Å²) in [6.07, 6.45) is 5.21. The lowest BCUT2D eigenvalue weighted by Gasteiger charge is -2.44. The van der Waals surface area contributed by atoms with Gasteiger partial charge in [-0.2, -0.15) is 0 Å². The van der Waals surface area contributed by atoms with Crippen LogP contribution in [0, 0.1) is 3.57 Å². The van der Waals surface area contributed by atoms with Gasteiger partial charge < -0.3 is 14.7 Å². The molecule has 6 heteroatoms. The van der Waals surface area contributed by atoms with Crippen LogP contribution in [-0.4, -0.2) is 34.7 Å². The highest BCUT2D eigenvalue weighted by Crippen LogP contribution is 2.50. The van der Waals surface area contributed by atoms with Gasteiger partial charge in [-0.15, -0.1) is 0 Å². The van der Waals surface area contributed by atoms with Crippen molar-refractivity contribution in [2.24, 2.45) is 0 Å². The Kier molecular flexibility index (Phi) is 7.00. The lowest BCUT2D eigenvalue weighted by Crippen LogP contribution is -2.40. The summed E-state index contributed by atoms with van der Waals surface area (Å²) in [5.74, 6) is 0.363. The molecule has 0 fully saturated rings. The number of rotatable bonds is 6. The number of aromatic hydroxyl groups is 1. The van der Waals surface area contributed by atoms with Crippen LogP contribution in [-0.2, 0) is 16.0 Å². The second-order valence-electron chi connectivity index (χ2n) is 9.38. The Bertz CT molecular complexity index is 1190. The maximum Gasteiger partial charge on any atom is 0.171 e. The van der Waals surface area contributed by atoms with Crippen molar-refractivity contribution in [2.75, 3.05) is 13.2 Å². The predicted octanol–water partition coefficient (Wildman–Crippen LogP) is 6.05. The third-order valence-corrected chi connectivity index (χ3v) is 8.06. The smallest absolute Gasteiger partial charge is 0.171 e. The number of allylic oxidation sites excluding steroid dienone is 4. The third-order valence-electron chi connectivity index (χ3n) is 7.24. The van der Waals surface area contributed by atoms with E-state index in [0.717, 1.165) is 66.8 Å². The van der Waals surface area contributed by atoms with Crippen LogP contribution in [0.4, 0.5) is 0 Å². The number of carbonyl (C=O) groups excluding carboxylic acids is 2. The number of benzene rings is 2. The molecule has 182 valence electrons. The van der Waals surface area contributed by atoms with E-state index >= 15 is 0 Å². The number of carbonyl (C=O) groups is 2. The van der Waals surface area contributed by atoms with Crippen LogP contribution in [0.3, 0.4) is 0 Å². The van der Waals surface area contributed by atoms with Crippen LogP contribution < -0.4 is 4.74 Å². The molecule has 2 aromatic carbocycles. The third kappa shape index (κ3) is 4.53. The average Bonchev–Trinajstić information content (AvgIpc) is 2.86. The van der Waals surface area contributed by atoms with Crippen LogP contribution in [0.15, 0.2) is 65.0 Å².